The summed E-state index contributed by atoms with van der Waals surface area (Å²) in [5.41, 5.74) is 1.14. The molecule has 0 fully saturated rings. The second-order valence-corrected chi connectivity index (χ2v) is 4.40. The van der Waals surface area contributed by atoms with Gasteiger partial charge in [0.2, 0.25) is 0 Å². The molecule has 0 heterocycles. The monoisotopic (exact) mass is 317 g/mol. The number of benzene rings is 1. The van der Waals surface area contributed by atoms with Gasteiger partial charge in [0.15, 0.2) is 0 Å². The molecule has 0 aromatic heterocycles. The van der Waals surface area contributed by atoms with Crippen LogP contribution in [0, 0.1) is 3.57 Å². The Bertz CT molecular complexity index is 308. The van der Waals surface area contributed by atoms with Crippen LogP contribution in [0.15, 0.2) is 36.6 Å². The lowest BCUT2D eigenvalue weighted by atomic mass is 10.3. The average Bonchev–Trinajstić information content (AvgIpc) is 2.21. The van der Waals surface area contributed by atoms with Crippen molar-refractivity contribution >= 4 is 28.3 Å². The van der Waals surface area contributed by atoms with E-state index in [4.69, 9.17) is 4.74 Å². The van der Waals surface area contributed by atoms with E-state index in [2.05, 4.69) is 58.8 Å². The third kappa shape index (κ3) is 5.06. The zero-order chi connectivity index (χ0) is 11.1. The van der Waals surface area contributed by atoms with Gasteiger partial charge in [-0.3, -0.25) is 0 Å². The summed E-state index contributed by atoms with van der Waals surface area (Å²) in [5, 5.41) is 3.32. The van der Waals surface area contributed by atoms with Crippen molar-refractivity contribution < 1.29 is 4.74 Å². The summed E-state index contributed by atoms with van der Waals surface area (Å²) < 4.78 is 6.51. The van der Waals surface area contributed by atoms with E-state index in [0.29, 0.717) is 6.61 Å². The van der Waals surface area contributed by atoms with Crippen molar-refractivity contribution in [3.05, 3.63) is 40.2 Å². The highest BCUT2D eigenvalue weighted by Gasteiger charge is 1.95. The molecule has 0 bridgehead atoms. The minimum absolute atomic E-state index is 0.697. The molecule has 0 aliphatic carbocycles. The van der Waals surface area contributed by atoms with Crippen LogP contribution in [0.1, 0.15) is 13.3 Å². The van der Waals surface area contributed by atoms with Gasteiger partial charge in [0.1, 0.15) is 0 Å². The average molecular weight is 317 g/mol. The van der Waals surface area contributed by atoms with Crippen molar-refractivity contribution in [1.29, 1.82) is 0 Å². The Hall–Kier alpha value is -0.710. The van der Waals surface area contributed by atoms with E-state index < -0.39 is 0 Å². The maximum absolute atomic E-state index is 5.26. The Morgan fingerprint density at radius 1 is 1.40 bits per heavy atom. The smallest absolute Gasteiger partial charge is 0.0905 e. The molecule has 0 saturated carbocycles. The van der Waals surface area contributed by atoms with Gasteiger partial charge in [0.05, 0.1) is 12.4 Å². The lowest BCUT2D eigenvalue weighted by Crippen LogP contribution is -2.03. The fourth-order valence-electron chi connectivity index (χ4n) is 1.19. The van der Waals surface area contributed by atoms with E-state index in [0.717, 1.165) is 24.4 Å². The fourth-order valence-corrected chi connectivity index (χ4v) is 1.55. The van der Waals surface area contributed by atoms with Gasteiger partial charge in [-0.15, -0.1) is 0 Å². The van der Waals surface area contributed by atoms with E-state index in [1.165, 1.54) is 3.57 Å². The minimum Gasteiger partial charge on any atom is -0.499 e. The molecule has 15 heavy (non-hydrogen) atoms. The molecule has 2 nitrogen and oxygen atoms in total. The molecule has 0 spiro atoms. The number of rotatable bonds is 6. The molecule has 82 valence electrons. The number of hydrogen-bond acceptors (Lipinski definition) is 2. The van der Waals surface area contributed by atoms with E-state index in [1.54, 1.807) is 0 Å². The standard InChI is InChI=1S/C12H16INO/c1-3-15-10(2)8-9-14-12-6-4-11(13)5-7-12/h4-7,14H,2-3,8-9H2,1H3. The molecule has 1 aromatic rings. The Kier molecular flexibility index (Phi) is 5.53. The first-order valence-corrected chi connectivity index (χ1v) is 6.10. The summed E-state index contributed by atoms with van der Waals surface area (Å²) in [7, 11) is 0. The predicted octanol–water partition coefficient (Wildman–Crippen LogP) is 3.64. The van der Waals surface area contributed by atoms with Gasteiger partial charge >= 0.3 is 0 Å². The second-order valence-electron chi connectivity index (χ2n) is 3.16. The third-order valence-electron chi connectivity index (χ3n) is 1.93. The van der Waals surface area contributed by atoms with Crippen LogP contribution in [0.5, 0.6) is 0 Å². The van der Waals surface area contributed by atoms with Crippen LogP contribution >= 0.6 is 22.6 Å². The van der Waals surface area contributed by atoms with Crippen molar-refractivity contribution in [3.8, 4) is 0 Å². The molecule has 0 aliphatic rings. The van der Waals surface area contributed by atoms with E-state index in [9.17, 15) is 0 Å². The van der Waals surface area contributed by atoms with Crippen LogP contribution in [0.4, 0.5) is 5.69 Å². The van der Waals surface area contributed by atoms with Crippen molar-refractivity contribution in [2.24, 2.45) is 0 Å². The van der Waals surface area contributed by atoms with E-state index in [1.807, 2.05) is 6.92 Å². The summed E-state index contributed by atoms with van der Waals surface area (Å²) in [4.78, 5) is 0. The molecule has 0 aliphatic heterocycles. The lowest BCUT2D eigenvalue weighted by Gasteiger charge is -2.08. The Labute approximate surface area is 105 Å². The van der Waals surface area contributed by atoms with Gasteiger partial charge in [-0.1, -0.05) is 6.58 Å². The molecule has 1 aromatic carbocycles. The first-order chi connectivity index (χ1) is 7.22. The molecule has 0 atom stereocenters. The quantitative estimate of drug-likeness (QED) is 0.639. The van der Waals surface area contributed by atoms with Gasteiger partial charge in [0, 0.05) is 22.2 Å². The second kappa shape index (κ2) is 6.71. The van der Waals surface area contributed by atoms with E-state index >= 15 is 0 Å². The number of nitrogens with one attached hydrogen (secondary N) is 1. The minimum atomic E-state index is 0.697. The fraction of sp³-hybridized carbons (Fsp3) is 0.333. The number of ether oxygens (including phenoxy) is 1. The van der Waals surface area contributed by atoms with Crippen LogP contribution in [-0.2, 0) is 4.74 Å². The first-order valence-electron chi connectivity index (χ1n) is 5.02. The molecular formula is C12H16INO. The maximum atomic E-state index is 5.26. The number of halogens is 1. The first kappa shape index (κ1) is 12.4. The highest BCUT2D eigenvalue weighted by atomic mass is 127. The van der Waals surface area contributed by atoms with Gasteiger partial charge < -0.3 is 10.1 Å². The number of anilines is 1. The zero-order valence-electron chi connectivity index (χ0n) is 8.92. The largest absolute Gasteiger partial charge is 0.499 e. The van der Waals surface area contributed by atoms with Crippen LogP contribution in [0.25, 0.3) is 0 Å². The Morgan fingerprint density at radius 2 is 2.07 bits per heavy atom. The summed E-state index contributed by atoms with van der Waals surface area (Å²) in [6, 6.07) is 8.32. The summed E-state index contributed by atoms with van der Waals surface area (Å²) >= 11 is 2.29. The summed E-state index contributed by atoms with van der Waals surface area (Å²) in [6.45, 7) is 7.35. The highest BCUT2D eigenvalue weighted by molar-refractivity contribution is 14.1. The van der Waals surface area contributed by atoms with Crippen LogP contribution < -0.4 is 5.32 Å². The zero-order valence-corrected chi connectivity index (χ0v) is 11.1. The van der Waals surface area contributed by atoms with Crippen LogP contribution in [0.2, 0.25) is 0 Å². The molecule has 3 heteroatoms. The van der Waals surface area contributed by atoms with Gasteiger partial charge in [0.25, 0.3) is 0 Å². The molecule has 0 radical (unpaired) electrons. The highest BCUT2D eigenvalue weighted by Crippen LogP contribution is 2.11. The molecule has 0 amide bonds. The molecule has 0 saturated heterocycles. The Morgan fingerprint density at radius 3 is 2.67 bits per heavy atom. The molecule has 1 rings (SSSR count). The van der Waals surface area contributed by atoms with Crippen molar-refractivity contribution in [1.82, 2.24) is 0 Å². The SMILES string of the molecule is C=C(CCNc1ccc(I)cc1)OCC. The molecule has 1 N–H and O–H groups in total. The van der Waals surface area contributed by atoms with Crippen LogP contribution in [-0.4, -0.2) is 13.2 Å². The third-order valence-corrected chi connectivity index (χ3v) is 2.64. The van der Waals surface area contributed by atoms with E-state index in [-0.39, 0.29) is 0 Å². The van der Waals surface area contributed by atoms with Gasteiger partial charge in [-0.05, 0) is 53.8 Å². The molecule has 0 unspecified atom stereocenters. The molecular weight excluding hydrogens is 301 g/mol. The normalized spacial score (nSPS) is 9.73. The predicted molar refractivity (Wildman–Crippen MR) is 73.0 cm³/mol. The van der Waals surface area contributed by atoms with Crippen molar-refractivity contribution in [3.63, 3.8) is 0 Å². The summed E-state index contributed by atoms with van der Waals surface area (Å²) in [6.07, 6.45) is 0.847. The number of hydrogen-bond donors (Lipinski definition) is 1. The Balaban J connectivity index is 2.26. The van der Waals surface area contributed by atoms with Gasteiger partial charge in [-0.25, -0.2) is 0 Å². The van der Waals surface area contributed by atoms with Gasteiger partial charge in [-0.2, -0.15) is 0 Å². The topological polar surface area (TPSA) is 21.3 Å². The van der Waals surface area contributed by atoms with Crippen molar-refractivity contribution in [2.75, 3.05) is 18.5 Å². The summed E-state index contributed by atoms with van der Waals surface area (Å²) in [5.74, 6) is 0.843. The maximum Gasteiger partial charge on any atom is 0.0905 e. The lowest BCUT2D eigenvalue weighted by molar-refractivity contribution is 0.222. The van der Waals surface area contributed by atoms with Crippen LogP contribution in [0.3, 0.4) is 0 Å². The van der Waals surface area contributed by atoms with Crippen molar-refractivity contribution in [2.45, 2.75) is 13.3 Å².